The number of hydrogen-bond donors (Lipinski definition) is 1. The van der Waals surface area contributed by atoms with Crippen LogP contribution in [0.4, 0.5) is 29.7 Å². The standard InChI is InChI=1S/C18H11F3N4O4S/c19-10-2-1-9(4-14(10)25(28)29)24-7-8(3-16(24)26)17(27)23-18-22-13-5-11(20)12(21)6-15(13)30-18/h1-2,4-6,8H,3,7H2,(H,22,23,27). The first kappa shape index (κ1) is 19.8. The number of carbonyl (C=O) groups excluding carboxylic acids is 2. The second-order valence-electron chi connectivity index (χ2n) is 6.54. The summed E-state index contributed by atoms with van der Waals surface area (Å²) in [5, 5.41) is 13.5. The van der Waals surface area contributed by atoms with Crippen LogP contribution < -0.4 is 10.2 Å². The number of fused-ring (bicyclic) bond motifs is 1. The highest BCUT2D eigenvalue weighted by Gasteiger charge is 2.36. The molecule has 4 rings (SSSR count). The van der Waals surface area contributed by atoms with E-state index in [2.05, 4.69) is 10.3 Å². The minimum absolute atomic E-state index is 0.0679. The number of hydrogen-bond acceptors (Lipinski definition) is 6. The Kier molecular flexibility index (Phi) is 4.86. The number of amides is 2. The Labute approximate surface area is 170 Å². The molecule has 2 heterocycles. The molecule has 0 spiro atoms. The van der Waals surface area contributed by atoms with Crippen molar-refractivity contribution in [3.05, 3.63) is 57.9 Å². The van der Waals surface area contributed by atoms with Crippen molar-refractivity contribution in [1.82, 2.24) is 4.98 Å². The molecule has 8 nitrogen and oxygen atoms in total. The first-order valence-electron chi connectivity index (χ1n) is 8.53. The molecule has 1 aliphatic heterocycles. The fourth-order valence-corrected chi connectivity index (χ4v) is 4.00. The van der Waals surface area contributed by atoms with Gasteiger partial charge in [0, 0.05) is 25.1 Å². The lowest BCUT2D eigenvalue weighted by atomic mass is 10.1. The third-order valence-corrected chi connectivity index (χ3v) is 5.53. The number of halogens is 3. The first-order valence-corrected chi connectivity index (χ1v) is 9.35. The quantitative estimate of drug-likeness (QED) is 0.497. The summed E-state index contributed by atoms with van der Waals surface area (Å²) in [5.41, 5.74) is -0.492. The van der Waals surface area contributed by atoms with E-state index >= 15 is 0 Å². The van der Waals surface area contributed by atoms with Crippen LogP contribution in [-0.4, -0.2) is 28.3 Å². The number of nitro benzene ring substituents is 1. The van der Waals surface area contributed by atoms with Gasteiger partial charge in [-0.3, -0.25) is 19.7 Å². The SMILES string of the molecule is O=C(Nc1nc2cc(F)c(F)cc2s1)C1CC(=O)N(c2ccc(F)c([N+](=O)[O-])c2)C1. The lowest BCUT2D eigenvalue weighted by Gasteiger charge is -2.16. The van der Waals surface area contributed by atoms with E-state index in [4.69, 9.17) is 0 Å². The molecule has 0 aliphatic carbocycles. The topological polar surface area (TPSA) is 105 Å². The van der Waals surface area contributed by atoms with Gasteiger partial charge in [0.05, 0.1) is 26.7 Å². The first-order chi connectivity index (χ1) is 14.2. The molecule has 30 heavy (non-hydrogen) atoms. The summed E-state index contributed by atoms with van der Waals surface area (Å²) >= 11 is 0.947. The summed E-state index contributed by atoms with van der Waals surface area (Å²) in [5.74, 6) is -4.91. The highest BCUT2D eigenvalue weighted by atomic mass is 32.1. The maximum atomic E-state index is 13.5. The molecule has 2 aromatic carbocycles. The Morgan fingerprint density at radius 1 is 1.20 bits per heavy atom. The molecule has 0 radical (unpaired) electrons. The lowest BCUT2D eigenvalue weighted by Crippen LogP contribution is -2.28. The number of benzene rings is 2. The van der Waals surface area contributed by atoms with E-state index in [1.807, 2.05) is 0 Å². The van der Waals surface area contributed by atoms with Crippen LogP contribution in [0, 0.1) is 33.5 Å². The Morgan fingerprint density at radius 2 is 1.93 bits per heavy atom. The molecular weight excluding hydrogens is 425 g/mol. The molecule has 0 saturated carbocycles. The number of nitrogens with zero attached hydrogens (tertiary/aromatic N) is 3. The zero-order chi connectivity index (χ0) is 21.6. The van der Waals surface area contributed by atoms with Crippen molar-refractivity contribution in [1.29, 1.82) is 0 Å². The predicted molar refractivity (Wildman–Crippen MR) is 102 cm³/mol. The fraction of sp³-hybridized carbons (Fsp3) is 0.167. The Balaban J connectivity index is 1.51. The smallest absolute Gasteiger partial charge is 0.306 e. The van der Waals surface area contributed by atoms with E-state index in [9.17, 15) is 32.9 Å². The molecule has 1 unspecified atom stereocenters. The minimum Gasteiger partial charge on any atom is -0.311 e. The van der Waals surface area contributed by atoms with Gasteiger partial charge in [-0.1, -0.05) is 11.3 Å². The van der Waals surface area contributed by atoms with Gasteiger partial charge >= 0.3 is 5.69 Å². The van der Waals surface area contributed by atoms with E-state index in [1.165, 1.54) is 11.0 Å². The highest BCUT2D eigenvalue weighted by molar-refractivity contribution is 7.22. The molecule has 1 atom stereocenters. The second kappa shape index (κ2) is 7.37. The summed E-state index contributed by atoms with van der Waals surface area (Å²) < 4.78 is 40.5. The second-order valence-corrected chi connectivity index (χ2v) is 7.57. The van der Waals surface area contributed by atoms with Gasteiger partial charge in [-0.05, 0) is 18.2 Å². The van der Waals surface area contributed by atoms with Crippen molar-refractivity contribution in [3.8, 4) is 0 Å². The number of rotatable bonds is 4. The minimum atomic E-state index is -1.06. The van der Waals surface area contributed by atoms with Gasteiger partial charge in [0.15, 0.2) is 16.8 Å². The normalized spacial score (nSPS) is 16.3. The monoisotopic (exact) mass is 436 g/mol. The molecular formula is C18H11F3N4O4S. The fourth-order valence-electron chi connectivity index (χ4n) is 3.13. The van der Waals surface area contributed by atoms with Crippen molar-refractivity contribution < 1.29 is 27.7 Å². The van der Waals surface area contributed by atoms with Crippen molar-refractivity contribution in [2.45, 2.75) is 6.42 Å². The van der Waals surface area contributed by atoms with E-state index in [1.54, 1.807) is 0 Å². The van der Waals surface area contributed by atoms with Gasteiger partial charge in [0.25, 0.3) is 0 Å². The van der Waals surface area contributed by atoms with Crippen LogP contribution in [0.1, 0.15) is 6.42 Å². The Hall–Kier alpha value is -3.54. The molecule has 1 aliphatic rings. The largest absolute Gasteiger partial charge is 0.311 e. The molecule has 1 saturated heterocycles. The third kappa shape index (κ3) is 3.56. The third-order valence-electron chi connectivity index (χ3n) is 4.59. The average molecular weight is 436 g/mol. The van der Waals surface area contributed by atoms with Crippen molar-refractivity contribution >= 4 is 49.9 Å². The van der Waals surface area contributed by atoms with Crippen LogP contribution in [0.2, 0.25) is 0 Å². The van der Waals surface area contributed by atoms with Crippen LogP contribution in [0.25, 0.3) is 10.2 Å². The van der Waals surface area contributed by atoms with Crippen LogP contribution in [0.5, 0.6) is 0 Å². The number of nitrogens with one attached hydrogen (secondary N) is 1. The molecule has 1 aromatic heterocycles. The molecule has 1 N–H and O–H groups in total. The Bertz CT molecular complexity index is 1180. The van der Waals surface area contributed by atoms with E-state index in [0.29, 0.717) is 4.70 Å². The van der Waals surface area contributed by atoms with Crippen molar-refractivity contribution in [3.63, 3.8) is 0 Å². The highest BCUT2D eigenvalue weighted by Crippen LogP contribution is 2.31. The van der Waals surface area contributed by atoms with Crippen LogP contribution in [0.15, 0.2) is 30.3 Å². The maximum Gasteiger partial charge on any atom is 0.306 e. The molecule has 12 heteroatoms. The van der Waals surface area contributed by atoms with Gasteiger partial charge < -0.3 is 10.2 Å². The predicted octanol–water partition coefficient (Wildman–Crippen LogP) is 3.61. The molecule has 1 fully saturated rings. The number of nitro groups is 1. The summed E-state index contributed by atoms with van der Waals surface area (Å²) in [6.07, 6.45) is -0.162. The molecule has 2 amide bonds. The number of thiazole rings is 1. The molecule has 0 bridgehead atoms. The molecule has 3 aromatic rings. The summed E-state index contributed by atoms with van der Waals surface area (Å²) in [7, 11) is 0. The zero-order valence-corrected chi connectivity index (χ0v) is 15.7. The Morgan fingerprint density at radius 3 is 2.67 bits per heavy atom. The van der Waals surface area contributed by atoms with Crippen LogP contribution in [-0.2, 0) is 9.59 Å². The van der Waals surface area contributed by atoms with Gasteiger partial charge in [0.1, 0.15) is 0 Å². The molecule has 154 valence electrons. The maximum absolute atomic E-state index is 13.5. The van der Waals surface area contributed by atoms with Crippen LogP contribution >= 0.6 is 11.3 Å². The van der Waals surface area contributed by atoms with Crippen molar-refractivity contribution in [2.24, 2.45) is 5.92 Å². The van der Waals surface area contributed by atoms with Gasteiger partial charge in [0.2, 0.25) is 17.6 Å². The summed E-state index contributed by atoms with van der Waals surface area (Å²) in [4.78, 5) is 40.0. The van der Waals surface area contributed by atoms with Crippen molar-refractivity contribution in [2.75, 3.05) is 16.8 Å². The number of aromatic nitrogens is 1. The van der Waals surface area contributed by atoms with Crippen LogP contribution in [0.3, 0.4) is 0 Å². The number of anilines is 2. The summed E-state index contributed by atoms with van der Waals surface area (Å²) in [6, 6.07) is 4.92. The van der Waals surface area contributed by atoms with Gasteiger partial charge in [-0.2, -0.15) is 4.39 Å². The number of carbonyl (C=O) groups is 2. The zero-order valence-electron chi connectivity index (χ0n) is 14.9. The van der Waals surface area contributed by atoms with E-state index in [0.717, 1.165) is 35.6 Å². The van der Waals surface area contributed by atoms with Gasteiger partial charge in [-0.15, -0.1) is 0 Å². The van der Waals surface area contributed by atoms with E-state index in [-0.39, 0.29) is 29.3 Å². The summed E-state index contributed by atoms with van der Waals surface area (Å²) in [6.45, 7) is -0.0679. The van der Waals surface area contributed by atoms with E-state index < -0.39 is 45.8 Å². The lowest BCUT2D eigenvalue weighted by molar-refractivity contribution is -0.387. The average Bonchev–Trinajstić information content (AvgIpc) is 3.25. The van der Waals surface area contributed by atoms with Gasteiger partial charge in [-0.25, -0.2) is 13.8 Å².